The van der Waals surface area contributed by atoms with Gasteiger partial charge in [0, 0.05) is 30.6 Å². The first kappa shape index (κ1) is 24.5. The van der Waals surface area contributed by atoms with Gasteiger partial charge in [-0.05, 0) is 76.3 Å². The number of benzene rings is 4. The average Bonchev–Trinajstić information content (AvgIpc) is 3.38. The minimum Gasteiger partial charge on any atom is -0.506 e. The molecule has 196 valence electrons. The highest BCUT2D eigenvalue weighted by Gasteiger charge is 2.18. The molecule has 5 nitrogen and oxygen atoms in total. The zero-order valence-corrected chi connectivity index (χ0v) is 22.4. The highest BCUT2D eigenvalue weighted by molar-refractivity contribution is 5.96. The molecule has 0 unspecified atom stereocenters. The van der Waals surface area contributed by atoms with Crippen molar-refractivity contribution in [3.05, 3.63) is 134 Å². The molecule has 0 radical (unpaired) electrons. The molecule has 0 bridgehead atoms. The van der Waals surface area contributed by atoms with Crippen molar-refractivity contribution in [1.29, 1.82) is 0 Å². The summed E-state index contributed by atoms with van der Waals surface area (Å²) in [6, 6.07) is 41.1. The van der Waals surface area contributed by atoms with Crippen LogP contribution < -0.4 is 0 Å². The monoisotopic (exact) mass is 530 g/mol. The number of rotatable bonds is 5. The second-order valence-corrected chi connectivity index (χ2v) is 10.00. The SMILES string of the molecule is Cn1c(-c2ncccc2O)nc2c(-c3cc(-c4ccccc4)cc(-c4cc(-c5ccccc5)ccn4)c3)cccc21. The molecule has 3 heterocycles. The molecule has 41 heavy (non-hydrogen) atoms. The summed E-state index contributed by atoms with van der Waals surface area (Å²) in [6.45, 7) is 0. The van der Waals surface area contributed by atoms with Gasteiger partial charge in [-0.3, -0.25) is 4.98 Å². The van der Waals surface area contributed by atoms with Crippen LogP contribution in [0.5, 0.6) is 5.75 Å². The molecule has 3 aromatic heterocycles. The first-order chi connectivity index (χ1) is 20.2. The highest BCUT2D eigenvalue weighted by atomic mass is 16.3. The van der Waals surface area contributed by atoms with Crippen LogP contribution >= 0.6 is 0 Å². The van der Waals surface area contributed by atoms with Crippen LogP contribution in [-0.4, -0.2) is 24.6 Å². The van der Waals surface area contributed by atoms with Gasteiger partial charge in [0.1, 0.15) is 11.4 Å². The first-order valence-electron chi connectivity index (χ1n) is 13.5. The smallest absolute Gasteiger partial charge is 0.163 e. The Kier molecular flexibility index (Phi) is 6.10. The van der Waals surface area contributed by atoms with Crippen molar-refractivity contribution in [2.24, 2.45) is 7.05 Å². The van der Waals surface area contributed by atoms with E-state index in [-0.39, 0.29) is 5.75 Å². The van der Waals surface area contributed by atoms with E-state index in [1.165, 1.54) is 0 Å². The number of hydrogen-bond acceptors (Lipinski definition) is 4. The Hall–Kier alpha value is -5.55. The van der Waals surface area contributed by atoms with E-state index in [4.69, 9.17) is 9.97 Å². The largest absolute Gasteiger partial charge is 0.506 e. The maximum absolute atomic E-state index is 10.5. The summed E-state index contributed by atoms with van der Waals surface area (Å²) in [5.74, 6) is 0.715. The molecule has 7 aromatic rings. The lowest BCUT2D eigenvalue weighted by Gasteiger charge is -2.12. The molecular weight excluding hydrogens is 504 g/mol. The third-order valence-electron chi connectivity index (χ3n) is 7.42. The average molecular weight is 531 g/mol. The predicted octanol–water partition coefficient (Wildman–Crippen LogP) is 8.40. The number of aryl methyl sites for hydroxylation is 1. The van der Waals surface area contributed by atoms with Crippen LogP contribution in [0.25, 0.3) is 67.2 Å². The summed E-state index contributed by atoms with van der Waals surface area (Å²) in [6.07, 6.45) is 3.54. The third-order valence-corrected chi connectivity index (χ3v) is 7.42. The van der Waals surface area contributed by atoms with Gasteiger partial charge in [-0.15, -0.1) is 0 Å². The fourth-order valence-electron chi connectivity index (χ4n) is 5.36. The number of aromatic hydroxyl groups is 1. The lowest BCUT2D eigenvalue weighted by Crippen LogP contribution is -1.94. The number of pyridine rings is 2. The Balaban J connectivity index is 1.43. The number of fused-ring (bicyclic) bond motifs is 1. The van der Waals surface area contributed by atoms with Gasteiger partial charge >= 0.3 is 0 Å². The molecule has 0 atom stereocenters. The Bertz CT molecular complexity index is 2010. The van der Waals surface area contributed by atoms with Gasteiger partial charge in [-0.2, -0.15) is 0 Å². The maximum atomic E-state index is 10.5. The van der Waals surface area contributed by atoms with Crippen molar-refractivity contribution in [1.82, 2.24) is 19.5 Å². The van der Waals surface area contributed by atoms with Gasteiger partial charge < -0.3 is 9.67 Å². The molecule has 0 fully saturated rings. The van der Waals surface area contributed by atoms with Crippen molar-refractivity contribution in [3.8, 4) is 61.9 Å². The second-order valence-electron chi connectivity index (χ2n) is 10.00. The standard InChI is InChI=1S/C36H26N4O/c1-40-32-15-8-14-30(34(32)39-36(40)35-33(41)16-9-18-38-35)28-20-27(25-12-6-3-7-13-25)21-29(22-28)31-23-26(17-19-37-31)24-10-4-2-5-11-24/h2-23,41H,1H3. The predicted molar refractivity (Wildman–Crippen MR) is 165 cm³/mol. The lowest BCUT2D eigenvalue weighted by atomic mass is 9.93. The van der Waals surface area contributed by atoms with Gasteiger partial charge in [-0.1, -0.05) is 72.8 Å². The molecule has 0 spiro atoms. The van der Waals surface area contributed by atoms with E-state index in [2.05, 4.69) is 83.8 Å². The Morgan fingerprint density at radius 3 is 2.02 bits per heavy atom. The van der Waals surface area contributed by atoms with E-state index in [9.17, 15) is 5.11 Å². The van der Waals surface area contributed by atoms with Crippen LogP contribution in [0.15, 0.2) is 134 Å². The van der Waals surface area contributed by atoms with E-state index in [1.807, 2.05) is 48.1 Å². The number of imidazole rings is 1. The van der Waals surface area contributed by atoms with E-state index >= 15 is 0 Å². The second kappa shape index (κ2) is 10.2. The van der Waals surface area contributed by atoms with Gasteiger partial charge in [0.05, 0.1) is 16.7 Å². The van der Waals surface area contributed by atoms with Crippen LogP contribution in [0.3, 0.4) is 0 Å². The number of nitrogens with zero attached hydrogens (tertiary/aromatic N) is 4. The van der Waals surface area contributed by atoms with Crippen LogP contribution in [0, 0.1) is 0 Å². The van der Waals surface area contributed by atoms with Crippen molar-refractivity contribution < 1.29 is 5.11 Å². The molecule has 5 heteroatoms. The van der Waals surface area contributed by atoms with Crippen molar-refractivity contribution in [3.63, 3.8) is 0 Å². The van der Waals surface area contributed by atoms with Gasteiger partial charge in [0.2, 0.25) is 0 Å². The highest BCUT2D eigenvalue weighted by Crippen LogP contribution is 2.37. The summed E-state index contributed by atoms with van der Waals surface area (Å²) < 4.78 is 1.98. The normalized spacial score (nSPS) is 11.1. The van der Waals surface area contributed by atoms with Crippen LogP contribution in [0.4, 0.5) is 0 Å². The van der Waals surface area contributed by atoms with Crippen LogP contribution in [0.1, 0.15) is 0 Å². The fraction of sp³-hybridized carbons (Fsp3) is 0.0278. The summed E-state index contributed by atoms with van der Waals surface area (Å²) in [5.41, 5.74) is 10.7. The van der Waals surface area contributed by atoms with Gasteiger partial charge in [-0.25, -0.2) is 9.97 Å². The van der Waals surface area contributed by atoms with E-state index in [1.54, 1.807) is 18.3 Å². The minimum atomic E-state index is 0.102. The van der Waals surface area contributed by atoms with E-state index in [0.29, 0.717) is 11.5 Å². The first-order valence-corrected chi connectivity index (χ1v) is 13.5. The molecule has 0 aliphatic heterocycles. The number of hydrogen-bond donors (Lipinski definition) is 1. The molecule has 0 saturated carbocycles. The topological polar surface area (TPSA) is 63.8 Å². The van der Waals surface area contributed by atoms with Crippen molar-refractivity contribution in [2.75, 3.05) is 0 Å². The molecule has 1 N–H and O–H groups in total. The summed E-state index contributed by atoms with van der Waals surface area (Å²) in [5, 5.41) is 10.5. The summed E-state index contributed by atoms with van der Waals surface area (Å²) in [7, 11) is 1.95. The molecular formula is C36H26N4O. The van der Waals surface area contributed by atoms with Crippen molar-refractivity contribution >= 4 is 11.0 Å². The fourth-order valence-corrected chi connectivity index (χ4v) is 5.36. The van der Waals surface area contributed by atoms with Gasteiger partial charge in [0.25, 0.3) is 0 Å². The van der Waals surface area contributed by atoms with Crippen LogP contribution in [-0.2, 0) is 7.05 Å². The summed E-state index contributed by atoms with van der Waals surface area (Å²) in [4.78, 5) is 14.2. The quantitative estimate of drug-likeness (QED) is 0.243. The maximum Gasteiger partial charge on any atom is 0.163 e. The van der Waals surface area contributed by atoms with Crippen molar-refractivity contribution in [2.45, 2.75) is 0 Å². The molecule has 4 aromatic carbocycles. The number of aromatic nitrogens is 4. The summed E-state index contributed by atoms with van der Waals surface area (Å²) >= 11 is 0. The Labute approximate surface area is 238 Å². The molecule has 0 amide bonds. The minimum absolute atomic E-state index is 0.102. The zero-order chi connectivity index (χ0) is 27.8. The van der Waals surface area contributed by atoms with Crippen LogP contribution in [0.2, 0.25) is 0 Å². The molecule has 7 rings (SSSR count). The Morgan fingerprint density at radius 2 is 1.27 bits per heavy atom. The number of para-hydroxylation sites is 1. The van der Waals surface area contributed by atoms with Gasteiger partial charge in [0.15, 0.2) is 5.82 Å². The van der Waals surface area contributed by atoms with E-state index in [0.717, 1.165) is 55.7 Å². The zero-order valence-electron chi connectivity index (χ0n) is 22.4. The molecule has 0 aliphatic rings. The van der Waals surface area contributed by atoms with E-state index < -0.39 is 0 Å². The molecule has 0 saturated heterocycles. The Morgan fingerprint density at radius 1 is 0.561 bits per heavy atom. The third kappa shape index (κ3) is 4.53. The lowest BCUT2D eigenvalue weighted by molar-refractivity contribution is 0.474. The molecule has 0 aliphatic carbocycles.